The summed E-state index contributed by atoms with van der Waals surface area (Å²) in [5.74, 6) is 0.736. The summed E-state index contributed by atoms with van der Waals surface area (Å²) >= 11 is 0. The van der Waals surface area contributed by atoms with Crippen molar-refractivity contribution in [3.05, 3.63) is 35.9 Å². The first-order chi connectivity index (χ1) is 14.5. The standard InChI is InChI=1S/C24H33N3O3/c1-3-16(2)21(25-22(28)20-15-19(20)17-7-5-4-6-8-17)24(30)27-13-11-26(12-14-27)23(29)18-9-10-18/h4-8,16,18-21H,3,9-15H2,1-2H3,(H,25,28). The Balaban J connectivity index is 1.34. The van der Waals surface area contributed by atoms with Gasteiger partial charge in [-0.2, -0.15) is 0 Å². The minimum absolute atomic E-state index is 0.00636. The van der Waals surface area contributed by atoms with Gasteiger partial charge in [-0.25, -0.2) is 0 Å². The molecule has 1 heterocycles. The molecule has 1 aromatic rings. The lowest BCUT2D eigenvalue weighted by atomic mass is 9.97. The minimum Gasteiger partial charge on any atom is -0.344 e. The van der Waals surface area contributed by atoms with Gasteiger partial charge in [-0.1, -0.05) is 50.6 Å². The zero-order valence-corrected chi connectivity index (χ0v) is 18.0. The van der Waals surface area contributed by atoms with Crippen molar-refractivity contribution < 1.29 is 14.4 Å². The molecule has 4 atom stereocenters. The highest BCUT2D eigenvalue weighted by molar-refractivity contribution is 5.90. The minimum atomic E-state index is -0.495. The average Bonchev–Trinajstić information content (AvgIpc) is 3.70. The van der Waals surface area contributed by atoms with Crippen molar-refractivity contribution in [1.29, 1.82) is 0 Å². The molecule has 4 unspecified atom stereocenters. The first-order valence-corrected chi connectivity index (χ1v) is 11.4. The van der Waals surface area contributed by atoms with Crippen molar-refractivity contribution >= 4 is 17.7 Å². The highest BCUT2D eigenvalue weighted by Crippen LogP contribution is 2.47. The molecule has 0 radical (unpaired) electrons. The van der Waals surface area contributed by atoms with Crippen molar-refractivity contribution in [2.24, 2.45) is 17.8 Å². The average molecular weight is 412 g/mol. The Morgan fingerprint density at radius 1 is 1.03 bits per heavy atom. The lowest BCUT2D eigenvalue weighted by Gasteiger charge is -2.37. The van der Waals surface area contributed by atoms with E-state index in [-0.39, 0.29) is 41.4 Å². The number of rotatable bonds is 7. The maximum absolute atomic E-state index is 13.3. The van der Waals surface area contributed by atoms with Gasteiger partial charge in [0.25, 0.3) is 0 Å². The molecule has 2 aliphatic carbocycles. The summed E-state index contributed by atoms with van der Waals surface area (Å²) in [6, 6.07) is 9.63. The molecule has 6 heteroatoms. The third-order valence-electron chi connectivity index (χ3n) is 6.96. The third-order valence-corrected chi connectivity index (χ3v) is 6.96. The molecule has 30 heavy (non-hydrogen) atoms. The predicted octanol–water partition coefficient (Wildman–Crippen LogP) is 2.40. The van der Waals surface area contributed by atoms with Gasteiger partial charge in [-0.15, -0.1) is 0 Å². The number of nitrogens with one attached hydrogen (secondary N) is 1. The molecule has 3 amide bonds. The number of amides is 3. The van der Waals surface area contributed by atoms with Gasteiger partial charge in [0.1, 0.15) is 6.04 Å². The Labute approximate surface area is 179 Å². The van der Waals surface area contributed by atoms with Gasteiger partial charge in [0.15, 0.2) is 0 Å². The summed E-state index contributed by atoms with van der Waals surface area (Å²) in [5, 5.41) is 3.08. The van der Waals surface area contributed by atoms with Gasteiger partial charge < -0.3 is 15.1 Å². The van der Waals surface area contributed by atoms with Gasteiger partial charge >= 0.3 is 0 Å². The van der Waals surface area contributed by atoms with Crippen LogP contribution in [0.5, 0.6) is 0 Å². The third kappa shape index (κ3) is 4.52. The largest absolute Gasteiger partial charge is 0.344 e. The van der Waals surface area contributed by atoms with Crippen molar-refractivity contribution in [1.82, 2.24) is 15.1 Å². The summed E-state index contributed by atoms with van der Waals surface area (Å²) in [7, 11) is 0. The quantitative estimate of drug-likeness (QED) is 0.749. The van der Waals surface area contributed by atoms with E-state index in [1.165, 1.54) is 5.56 Å². The SMILES string of the molecule is CCC(C)C(NC(=O)C1CC1c1ccccc1)C(=O)N1CCN(C(=O)C2CC2)CC1. The van der Waals surface area contributed by atoms with Crippen LogP contribution in [-0.2, 0) is 14.4 Å². The van der Waals surface area contributed by atoms with Gasteiger partial charge in [0, 0.05) is 38.0 Å². The first-order valence-electron chi connectivity index (χ1n) is 11.4. The summed E-state index contributed by atoms with van der Waals surface area (Å²) in [6.07, 6.45) is 3.68. The Morgan fingerprint density at radius 2 is 1.67 bits per heavy atom. The zero-order valence-electron chi connectivity index (χ0n) is 18.0. The highest BCUT2D eigenvalue weighted by atomic mass is 16.2. The number of carbonyl (C=O) groups is 3. The molecule has 2 saturated carbocycles. The fraction of sp³-hybridized carbons (Fsp3) is 0.625. The molecule has 1 aliphatic heterocycles. The summed E-state index contributed by atoms with van der Waals surface area (Å²) in [6.45, 7) is 6.37. The number of nitrogens with zero attached hydrogens (tertiary/aromatic N) is 2. The van der Waals surface area contributed by atoms with Gasteiger partial charge in [-0.3, -0.25) is 14.4 Å². The fourth-order valence-electron chi connectivity index (χ4n) is 4.43. The molecular formula is C24H33N3O3. The number of hydrogen-bond donors (Lipinski definition) is 1. The Kier molecular flexibility index (Phi) is 6.11. The Morgan fingerprint density at radius 3 is 2.27 bits per heavy atom. The van der Waals surface area contributed by atoms with Crippen LogP contribution in [0.1, 0.15) is 51.0 Å². The topological polar surface area (TPSA) is 69.7 Å². The molecule has 0 aromatic heterocycles. The van der Waals surface area contributed by atoms with E-state index in [1.54, 1.807) is 0 Å². The molecular weight excluding hydrogens is 378 g/mol. The Bertz CT molecular complexity index is 784. The van der Waals surface area contributed by atoms with Crippen LogP contribution >= 0.6 is 0 Å². The molecule has 6 nitrogen and oxygen atoms in total. The number of carbonyl (C=O) groups excluding carboxylic acids is 3. The number of benzene rings is 1. The van der Waals surface area contributed by atoms with E-state index in [9.17, 15) is 14.4 Å². The molecule has 1 saturated heterocycles. The molecule has 0 spiro atoms. The summed E-state index contributed by atoms with van der Waals surface area (Å²) in [4.78, 5) is 42.1. The van der Waals surface area contributed by atoms with Crippen LogP contribution in [0.4, 0.5) is 0 Å². The fourth-order valence-corrected chi connectivity index (χ4v) is 4.43. The zero-order chi connectivity index (χ0) is 21.3. The molecule has 1 aromatic carbocycles. The molecule has 4 rings (SSSR count). The van der Waals surface area contributed by atoms with Crippen LogP contribution < -0.4 is 5.32 Å². The second-order valence-electron chi connectivity index (χ2n) is 9.16. The van der Waals surface area contributed by atoms with E-state index in [0.717, 1.165) is 25.7 Å². The van der Waals surface area contributed by atoms with Crippen molar-refractivity contribution in [3.8, 4) is 0 Å². The van der Waals surface area contributed by atoms with E-state index >= 15 is 0 Å². The summed E-state index contributed by atoms with van der Waals surface area (Å²) < 4.78 is 0. The van der Waals surface area contributed by atoms with E-state index in [4.69, 9.17) is 0 Å². The predicted molar refractivity (Wildman–Crippen MR) is 115 cm³/mol. The van der Waals surface area contributed by atoms with Crippen LogP contribution in [0.15, 0.2) is 30.3 Å². The van der Waals surface area contributed by atoms with Gasteiger partial charge in [0.2, 0.25) is 17.7 Å². The van der Waals surface area contributed by atoms with Crippen molar-refractivity contribution in [2.45, 2.75) is 51.5 Å². The first kappa shape index (κ1) is 20.9. The van der Waals surface area contributed by atoms with Gasteiger partial charge in [-0.05, 0) is 36.7 Å². The highest BCUT2D eigenvalue weighted by Gasteiger charge is 2.45. The smallest absolute Gasteiger partial charge is 0.245 e. The van der Waals surface area contributed by atoms with Crippen molar-refractivity contribution in [2.75, 3.05) is 26.2 Å². The monoisotopic (exact) mass is 411 g/mol. The van der Waals surface area contributed by atoms with E-state index in [2.05, 4.69) is 17.4 Å². The lowest BCUT2D eigenvalue weighted by molar-refractivity contribution is -0.143. The number of hydrogen-bond acceptors (Lipinski definition) is 3. The molecule has 3 fully saturated rings. The maximum atomic E-state index is 13.3. The molecule has 0 bridgehead atoms. The van der Waals surface area contributed by atoms with Crippen LogP contribution in [0.25, 0.3) is 0 Å². The van der Waals surface area contributed by atoms with Crippen LogP contribution in [0, 0.1) is 17.8 Å². The van der Waals surface area contributed by atoms with Crippen LogP contribution in [0.3, 0.4) is 0 Å². The van der Waals surface area contributed by atoms with Crippen LogP contribution in [-0.4, -0.2) is 59.7 Å². The maximum Gasteiger partial charge on any atom is 0.245 e. The molecule has 3 aliphatic rings. The molecule has 162 valence electrons. The number of piperazine rings is 1. The normalized spacial score (nSPS) is 25.4. The Hall–Kier alpha value is -2.37. The summed E-state index contributed by atoms with van der Waals surface area (Å²) in [5.41, 5.74) is 1.19. The van der Waals surface area contributed by atoms with Gasteiger partial charge in [0.05, 0.1) is 0 Å². The second kappa shape index (κ2) is 8.78. The lowest BCUT2D eigenvalue weighted by Crippen LogP contribution is -2.57. The van der Waals surface area contributed by atoms with Crippen molar-refractivity contribution in [3.63, 3.8) is 0 Å². The van der Waals surface area contributed by atoms with Crippen LogP contribution in [0.2, 0.25) is 0 Å². The molecule has 1 N–H and O–H groups in total. The second-order valence-corrected chi connectivity index (χ2v) is 9.16. The van der Waals surface area contributed by atoms with E-state index in [1.807, 2.05) is 41.8 Å². The van der Waals surface area contributed by atoms with E-state index in [0.29, 0.717) is 26.2 Å². The van der Waals surface area contributed by atoms with E-state index < -0.39 is 6.04 Å².